The molecule has 0 bridgehead atoms. The Kier molecular flexibility index (Phi) is 4.79. The van der Waals surface area contributed by atoms with Crippen LogP contribution >= 0.6 is 31.9 Å². The monoisotopic (exact) mass is 432 g/mol. The minimum Gasteiger partial charge on any atom is -0.506 e. The van der Waals surface area contributed by atoms with Crippen LogP contribution in [-0.2, 0) is 12.8 Å². The SMILES string of the molecule is CCc1ccc(-c2c(Br)c(Br)c(O)c3cc(CC)ccc23)cc1. The van der Waals surface area contributed by atoms with Crippen molar-refractivity contribution in [2.75, 3.05) is 0 Å². The molecule has 118 valence electrons. The number of halogens is 2. The molecular weight excluding hydrogens is 416 g/mol. The van der Waals surface area contributed by atoms with E-state index in [1.54, 1.807) is 0 Å². The zero-order valence-corrected chi connectivity index (χ0v) is 16.3. The van der Waals surface area contributed by atoms with Crippen LogP contribution in [0.1, 0.15) is 25.0 Å². The van der Waals surface area contributed by atoms with Crippen LogP contribution in [0.3, 0.4) is 0 Å². The zero-order chi connectivity index (χ0) is 16.6. The standard InChI is InChI=1S/C20H18Br2O/c1-3-12-5-8-14(9-6-12)17-15-10-7-13(4-2)11-16(15)20(23)19(22)18(17)21/h5-11,23H,3-4H2,1-2H3. The molecule has 0 saturated carbocycles. The molecule has 3 aromatic rings. The molecule has 0 heterocycles. The molecule has 0 unspecified atom stereocenters. The van der Waals surface area contributed by atoms with Gasteiger partial charge < -0.3 is 5.11 Å². The summed E-state index contributed by atoms with van der Waals surface area (Å²) in [6.07, 6.45) is 1.98. The van der Waals surface area contributed by atoms with Gasteiger partial charge in [-0.3, -0.25) is 0 Å². The predicted octanol–water partition coefficient (Wildman–Crippen LogP) is 6.86. The van der Waals surface area contributed by atoms with Gasteiger partial charge in [-0.1, -0.05) is 50.2 Å². The van der Waals surface area contributed by atoms with Crippen LogP contribution in [0.5, 0.6) is 5.75 Å². The maximum absolute atomic E-state index is 10.5. The van der Waals surface area contributed by atoms with Gasteiger partial charge in [0.25, 0.3) is 0 Å². The molecule has 3 aromatic carbocycles. The van der Waals surface area contributed by atoms with Crippen LogP contribution in [0, 0.1) is 0 Å². The zero-order valence-electron chi connectivity index (χ0n) is 13.2. The molecule has 0 radical (unpaired) electrons. The van der Waals surface area contributed by atoms with Crippen molar-refractivity contribution in [2.24, 2.45) is 0 Å². The molecule has 1 nitrogen and oxygen atoms in total. The van der Waals surface area contributed by atoms with Gasteiger partial charge in [0.1, 0.15) is 5.75 Å². The Morgan fingerprint density at radius 2 is 1.39 bits per heavy atom. The van der Waals surface area contributed by atoms with E-state index in [9.17, 15) is 5.11 Å². The molecule has 3 rings (SSSR count). The van der Waals surface area contributed by atoms with E-state index in [0.717, 1.165) is 39.2 Å². The smallest absolute Gasteiger partial charge is 0.138 e. The number of phenols is 1. The lowest BCUT2D eigenvalue weighted by molar-refractivity contribution is 0.478. The largest absolute Gasteiger partial charge is 0.506 e. The average molecular weight is 434 g/mol. The van der Waals surface area contributed by atoms with Gasteiger partial charge in [-0.25, -0.2) is 0 Å². The first-order chi connectivity index (χ1) is 11.1. The molecular formula is C20H18Br2O. The highest BCUT2D eigenvalue weighted by Crippen LogP contribution is 2.46. The number of aryl methyl sites for hydroxylation is 2. The van der Waals surface area contributed by atoms with Gasteiger partial charge in [-0.15, -0.1) is 0 Å². The Morgan fingerprint density at radius 1 is 0.783 bits per heavy atom. The van der Waals surface area contributed by atoms with E-state index in [1.807, 2.05) is 0 Å². The van der Waals surface area contributed by atoms with Crippen LogP contribution in [0.25, 0.3) is 21.9 Å². The summed E-state index contributed by atoms with van der Waals surface area (Å²) in [6.45, 7) is 4.28. The fraction of sp³-hybridized carbons (Fsp3) is 0.200. The molecule has 0 fully saturated rings. The van der Waals surface area contributed by atoms with Gasteiger partial charge in [0, 0.05) is 15.4 Å². The molecule has 0 amide bonds. The molecule has 0 atom stereocenters. The van der Waals surface area contributed by atoms with E-state index in [4.69, 9.17) is 0 Å². The summed E-state index contributed by atoms with van der Waals surface area (Å²) in [5.41, 5.74) is 4.79. The summed E-state index contributed by atoms with van der Waals surface area (Å²) < 4.78 is 1.59. The third kappa shape index (κ3) is 2.92. The van der Waals surface area contributed by atoms with E-state index in [-0.39, 0.29) is 5.75 Å². The van der Waals surface area contributed by atoms with E-state index in [1.165, 1.54) is 11.1 Å². The van der Waals surface area contributed by atoms with E-state index in [2.05, 4.69) is 88.2 Å². The highest BCUT2D eigenvalue weighted by Gasteiger charge is 2.17. The first-order valence-electron chi connectivity index (χ1n) is 7.78. The number of fused-ring (bicyclic) bond motifs is 1. The van der Waals surface area contributed by atoms with Crippen molar-refractivity contribution in [2.45, 2.75) is 26.7 Å². The lowest BCUT2D eigenvalue weighted by Gasteiger charge is -2.15. The molecule has 0 aromatic heterocycles. The fourth-order valence-corrected chi connectivity index (χ4v) is 3.91. The van der Waals surface area contributed by atoms with Crippen molar-refractivity contribution in [1.29, 1.82) is 0 Å². The Balaban J connectivity index is 2.34. The Morgan fingerprint density at radius 3 is 2.00 bits per heavy atom. The Bertz CT molecular complexity index is 867. The number of phenolic OH excluding ortho intramolecular Hbond substituents is 1. The highest BCUT2D eigenvalue weighted by molar-refractivity contribution is 9.13. The van der Waals surface area contributed by atoms with Crippen LogP contribution in [0.4, 0.5) is 0 Å². The van der Waals surface area contributed by atoms with Gasteiger partial charge in [0.2, 0.25) is 0 Å². The summed E-state index contributed by atoms with van der Waals surface area (Å²) in [5, 5.41) is 12.5. The molecule has 3 heteroatoms. The maximum atomic E-state index is 10.5. The molecule has 23 heavy (non-hydrogen) atoms. The van der Waals surface area contributed by atoms with Crippen LogP contribution in [0.2, 0.25) is 0 Å². The number of rotatable bonds is 3. The summed E-state index contributed by atoms with van der Waals surface area (Å²) in [4.78, 5) is 0. The molecule has 0 spiro atoms. The third-order valence-electron chi connectivity index (χ3n) is 4.29. The van der Waals surface area contributed by atoms with Crippen LogP contribution in [-0.4, -0.2) is 5.11 Å². The summed E-state index contributed by atoms with van der Waals surface area (Å²) >= 11 is 7.18. The predicted molar refractivity (Wildman–Crippen MR) is 105 cm³/mol. The molecule has 0 aliphatic carbocycles. The van der Waals surface area contributed by atoms with Gasteiger partial charge >= 0.3 is 0 Å². The second-order valence-electron chi connectivity index (χ2n) is 5.64. The van der Waals surface area contributed by atoms with Crippen molar-refractivity contribution in [3.63, 3.8) is 0 Å². The van der Waals surface area contributed by atoms with Gasteiger partial charge in [0.15, 0.2) is 0 Å². The van der Waals surface area contributed by atoms with Crippen LogP contribution in [0.15, 0.2) is 51.4 Å². The first-order valence-corrected chi connectivity index (χ1v) is 9.37. The van der Waals surface area contributed by atoms with Crippen LogP contribution < -0.4 is 0 Å². The van der Waals surface area contributed by atoms with Gasteiger partial charge in [-0.05, 0) is 72.8 Å². The topological polar surface area (TPSA) is 20.2 Å². The highest BCUT2D eigenvalue weighted by atomic mass is 79.9. The fourth-order valence-electron chi connectivity index (χ4n) is 2.86. The van der Waals surface area contributed by atoms with Crippen molar-refractivity contribution in [1.82, 2.24) is 0 Å². The third-order valence-corrected chi connectivity index (χ3v) is 6.38. The number of benzene rings is 3. The minimum absolute atomic E-state index is 0.288. The number of hydrogen-bond donors (Lipinski definition) is 1. The number of hydrogen-bond acceptors (Lipinski definition) is 1. The van der Waals surface area contributed by atoms with Crippen molar-refractivity contribution < 1.29 is 5.11 Å². The van der Waals surface area contributed by atoms with E-state index in [0.29, 0.717) is 4.47 Å². The van der Waals surface area contributed by atoms with Gasteiger partial charge in [-0.2, -0.15) is 0 Å². The molecule has 0 saturated heterocycles. The van der Waals surface area contributed by atoms with Crippen molar-refractivity contribution >= 4 is 42.6 Å². The number of aromatic hydroxyl groups is 1. The Labute approximate surface area is 153 Å². The Hall–Kier alpha value is -1.32. The van der Waals surface area contributed by atoms with E-state index < -0.39 is 0 Å². The maximum Gasteiger partial charge on any atom is 0.138 e. The quantitative estimate of drug-likeness (QED) is 0.478. The minimum atomic E-state index is 0.288. The summed E-state index contributed by atoms with van der Waals surface area (Å²) in [6, 6.07) is 14.9. The second-order valence-corrected chi connectivity index (χ2v) is 7.22. The second kappa shape index (κ2) is 6.66. The van der Waals surface area contributed by atoms with Crippen molar-refractivity contribution in [3.05, 3.63) is 62.5 Å². The molecule has 1 N–H and O–H groups in total. The van der Waals surface area contributed by atoms with E-state index >= 15 is 0 Å². The normalized spacial score (nSPS) is 11.1. The van der Waals surface area contributed by atoms with Gasteiger partial charge in [0.05, 0.1) is 4.47 Å². The molecule has 0 aliphatic heterocycles. The van der Waals surface area contributed by atoms with Crippen molar-refractivity contribution in [3.8, 4) is 16.9 Å². The summed E-state index contributed by atoms with van der Waals surface area (Å²) in [7, 11) is 0. The lowest BCUT2D eigenvalue weighted by Crippen LogP contribution is -1.90. The average Bonchev–Trinajstić information content (AvgIpc) is 2.60. The lowest BCUT2D eigenvalue weighted by atomic mass is 9.95. The summed E-state index contributed by atoms with van der Waals surface area (Å²) in [5.74, 6) is 0.288. The molecule has 0 aliphatic rings. The first kappa shape index (κ1) is 16.5.